The first-order chi connectivity index (χ1) is 9.34. The molecular formula is C15H25ClN2OS. The third kappa shape index (κ3) is 6.73. The molecule has 20 heavy (non-hydrogen) atoms. The van der Waals surface area contributed by atoms with Crippen LogP contribution in [-0.4, -0.2) is 25.0 Å². The molecule has 3 nitrogen and oxygen atoms in total. The van der Waals surface area contributed by atoms with E-state index in [4.69, 9.17) is 0 Å². The van der Waals surface area contributed by atoms with Gasteiger partial charge in [0.15, 0.2) is 0 Å². The fourth-order valence-electron chi connectivity index (χ4n) is 2.48. The number of hydrogen-bond acceptors (Lipinski definition) is 3. The van der Waals surface area contributed by atoms with Gasteiger partial charge < -0.3 is 10.6 Å². The van der Waals surface area contributed by atoms with Gasteiger partial charge in [-0.2, -0.15) is 0 Å². The average molecular weight is 317 g/mol. The first-order valence-electron chi connectivity index (χ1n) is 7.37. The quantitative estimate of drug-likeness (QED) is 0.759. The van der Waals surface area contributed by atoms with Crippen LogP contribution in [0.15, 0.2) is 17.5 Å². The van der Waals surface area contributed by atoms with Crippen LogP contribution in [0.1, 0.15) is 43.4 Å². The highest BCUT2D eigenvalue weighted by Crippen LogP contribution is 2.13. The first-order valence-corrected chi connectivity index (χ1v) is 8.25. The maximum absolute atomic E-state index is 11.8. The van der Waals surface area contributed by atoms with Gasteiger partial charge in [0.2, 0.25) is 5.91 Å². The molecule has 0 bridgehead atoms. The highest BCUT2D eigenvalue weighted by molar-refractivity contribution is 7.09. The number of thiophene rings is 1. The summed E-state index contributed by atoms with van der Waals surface area (Å²) in [6.45, 7) is 2.07. The summed E-state index contributed by atoms with van der Waals surface area (Å²) in [5.41, 5.74) is 0. The molecule has 0 unspecified atom stereocenters. The van der Waals surface area contributed by atoms with E-state index in [1.54, 1.807) is 0 Å². The minimum absolute atomic E-state index is 0. The van der Waals surface area contributed by atoms with Crippen LogP contribution in [-0.2, 0) is 11.2 Å². The summed E-state index contributed by atoms with van der Waals surface area (Å²) in [7, 11) is 0. The van der Waals surface area contributed by atoms with Crippen LogP contribution in [0.2, 0.25) is 0 Å². The Morgan fingerprint density at radius 2 is 2.10 bits per heavy atom. The summed E-state index contributed by atoms with van der Waals surface area (Å²) in [6.07, 6.45) is 7.36. The molecule has 1 amide bonds. The molecule has 1 aromatic heterocycles. The molecule has 1 aliphatic rings. The number of unbranched alkanes of at least 4 members (excludes halogenated alkanes) is 2. The second-order valence-electron chi connectivity index (χ2n) is 5.23. The topological polar surface area (TPSA) is 41.1 Å². The summed E-state index contributed by atoms with van der Waals surface area (Å²) in [5.74, 6) is 0.239. The Hall–Kier alpha value is -0.580. The number of amides is 1. The minimum Gasteiger partial charge on any atom is -0.353 e. The monoisotopic (exact) mass is 316 g/mol. The van der Waals surface area contributed by atoms with Crippen molar-refractivity contribution in [2.24, 2.45) is 0 Å². The highest BCUT2D eigenvalue weighted by atomic mass is 35.5. The third-order valence-corrected chi connectivity index (χ3v) is 4.55. The number of nitrogens with one attached hydrogen (secondary N) is 2. The number of halogens is 1. The Morgan fingerprint density at radius 1 is 1.30 bits per heavy atom. The fourth-order valence-corrected chi connectivity index (χ4v) is 3.23. The SMILES string of the molecule is Cl.O=C(CCCCCc1cccs1)NC1CCNCC1. The fraction of sp³-hybridized carbons (Fsp3) is 0.667. The molecule has 1 fully saturated rings. The Balaban J connectivity index is 0.00000200. The van der Waals surface area contributed by atoms with E-state index in [-0.39, 0.29) is 18.3 Å². The zero-order valence-corrected chi connectivity index (χ0v) is 13.5. The molecule has 5 heteroatoms. The highest BCUT2D eigenvalue weighted by Gasteiger charge is 2.14. The van der Waals surface area contributed by atoms with E-state index in [2.05, 4.69) is 28.1 Å². The average Bonchev–Trinajstić information content (AvgIpc) is 2.92. The van der Waals surface area contributed by atoms with Gasteiger partial charge in [0.25, 0.3) is 0 Å². The van der Waals surface area contributed by atoms with Crippen LogP contribution >= 0.6 is 23.7 Å². The van der Waals surface area contributed by atoms with Crippen molar-refractivity contribution in [2.75, 3.05) is 13.1 Å². The van der Waals surface area contributed by atoms with Gasteiger partial charge >= 0.3 is 0 Å². The Kier molecular flexibility index (Phi) is 8.90. The van der Waals surface area contributed by atoms with Crippen molar-refractivity contribution in [3.8, 4) is 0 Å². The molecule has 2 rings (SSSR count). The van der Waals surface area contributed by atoms with Crippen LogP contribution in [0.5, 0.6) is 0 Å². The number of aryl methyl sites for hydroxylation is 1. The summed E-state index contributed by atoms with van der Waals surface area (Å²) in [6, 6.07) is 4.70. The Bertz CT molecular complexity index is 364. The Morgan fingerprint density at radius 3 is 2.80 bits per heavy atom. The number of hydrogen-bond donors (Lipinski definition) is 2. The molecule has 0 spiro atoms. The molecule has 0 aromatic carbocycles. The molecule has 114 valence electrons. The van der Waals surface area contributed by atoms with E-state index in [0.717, 1.165) is 45.2 Å². The summed E-state index contributed by atoms with van der Waals surface area (Å²) in [4.78, 5) is 13.2. The predicted molar refractivity (Wildman–Crippen MR) is 87.8 cm³/mol. The van der Waals surface area contributed by atoms with E-state index in [9.17, 15) is 4.79 Å². The lowest BCUT2D eigenvalue weighted by molar-refractivity contribution is -0.122. The van der Waals surface area contributed by atoms with Crippen molar-refractivity contribution in [1.82, 2.24) is 10.6 Å². The third-order valence-electron chi connectivity index (χ3n) is 3.61. The second-order valence-corrected chi connectivity index (χ2v) is 6.26. The van der Waals surface area contributed by atoms with Crippen molar-refractivity contribution in [3.05, 3.63) is 22.4 Å². The normalized spacial score (nSPS) is 15.6. The van der Waals surface area contributed by atoms with Crippen LogP contribution < -0.4 is 10.6 Å². The van der Waals surface area contributed by atoms with E-state index >= 15 is 0 Å². The van der Waals surface area contributed by atoms with Gasteiger partial charge in [0.05, 0.1) is 0 Å². The minimum atomic E-state index is 0. The Labute approximate surface area is 131 Å². The largest absolute Gasteiger partial charge is 0.353 e. The molecule has 1 aliphatic heterocycles. The summed E-state index contributed by atoms with van der Waals surface area (Å²) >= 11 is 1.83. The molecule has 2 heterocycles. The van der Waals surface area contributed by atoms with Gasteiger partial charge in [-0.3, -0.25) is 4.79 Å². The standard InChI is InChI=1S/C15H24N2OS.ClH/c18-15(17-13-8-10-16-11-9-13)7-3-1-2-5-14-6-4-12-19-14;/h4,6,12-13,16H,1-3,5,7-11H2,(H,17,18);1H. The molecule has 0 aliphatic carbocycles. The second kappa shape index (κ2) is 10.2. The van der Waals surface area contributed by atoms with Crippen molar-refractivity contribution in [3.63, 3.8) is 0 Å². The van der Waals surface area contributed by atoms with Gasteiger partial charge in [0, 0.05) is 17.3 Å². The molecular weight excluding hydrogens is 292 g/mol. The van der Waals surface area contributed by atoms with Crippen molar-refractivity contribution in [2.45, 2.75) is 51.0 Å². The lowest BCUT2D eigenvalue weighted by Gasteiger charge is -2.23. The lowest BCUT2D eigenvalue weighted by atomic mass is 10.1. The molecule has 1 saturated heterocycles. The van der Waals surface area contributed by atoms with Gasteiger partial charge in [-0.25, -0.2) is 0 Å². The van der Waals surface area contributed by atoms with Crippen LogP contribution in [0, 0.1) is 0 Å². The number of carbonyl (C=O) groups is 1. The first kappa shape index (κ1) is 17.5. The maximum atomic E-state index is 11.8. The molecule has 0 saturated carbocycles. The number of rotatable bonds is 7. The van der Waals surface area contributed by atoms with Gasteiger partial charge in [-0.05, 0) is 56.6 Å². The van der Waals surface area contributed by atoms with Crippen LogP contribution in [0.3, 0.4) is 0 Å². The molecule has 2 N–H and O–H groups in total. The van der Waals surface area contributed by atoms with Crippen molar-refractivity contribution >= 4 is 29.7 Å². The van der Waals surface area contributed by atoms with E-state index in [1.165, 1.54) is 11.3 Å². The summed E-state index contributed by atoms with van der Waals surface area (Å²) < 4.78 is 0. The van der Waals surface area contributed by atoms with Gasteiger partial charge in [0.1, 0.15) is 0 Å². The van der Waals surface area contributed by atoms with E-state index in [0.29, 0.717) is 12.5 Å². The summed E-state index contributed by atoms with van der Waals surface area (Å²) in [5, 5.41) is 8.58. The van der Waals surface area contributed by atoms with E-state index in [1.807, 2.05) is 11.3 Å². The number of piperidine rings is 1. The van der Waals surface area contributed by atoms with Crippen LogP contribution in [0.25, 0.3) is 0 Å². The smallest absolute Gasteiger partial charge is 0.220 e. The zero-order valence-electron chi connectivity index (χ0n) is 11.9. The van der Waals surface area contributed by atoms with Gasteiger partial charge in [-0.15, -0.1) is 23.7 Å². The molecule has 0 radical (unpaired) electrons. The maximum Gasteiger partial charge on any atom is 0.220 e. The van der Waals surface area contributed by atoms with Crippen molar-refractivity contribution in [1.29, 1.82) is 0 Å². The molecule has 1 aromatic rings. The van der Waals surface area contributed by atoms with E-state index < -0.39 is 0 Å². The van der Waals surface area contributed by atoms with Gasteiger partial charge in [-0.1, -0.05) is 12.5 Å². The predicted octanol–water partition coefficient (Wildman–Crippen LogP) is 3.14. The lowest BCUT2D eigenvalue weighted by Crippen LogP contribution is -2.42. The van der Waals surface area contributed by atoms with Crippen molar-refractivity contribution < 1.29 is 4.79 Å². The molecule has 0 atom stereocenters. The number of carbonyl (C=O) groups excluding carboxylic acids is 1. The van der Waals surface area contributed by atoms with Crippen LogP contribution in [0.4, 0.5) is 0 Å². The zero-order chi connectivity index (χ0) is 13.3.